The van der Waals surface area contributed by atoms with E-state index < -0.39 is 0 Å². The van der Waals surface area contributed by atoms with Gasteiger partial charge in [-0.05, 0) is 38.5 Å². The lowest BCUT2D eigenvalue weighted by Crippen LogP contribution is -2.38. The maximum Gasteiger partial charge on any atom is 0.223 e. The topological polar surface area (TPSA) is 29.1 Å². The largest absolute Gasteiger partial charge is 0.356 e. The van der Waals surface area contributed by atoms with Gasteiger partial charge in [0.2, 0.25) is 5.91 Å². The summed E-state index contributed by atoms with van der Waals surface area (Å²) in [6.45, 7) is 11.0. The highest BCUT2D eigenvalue weighted by Crippen LogP contribution is 2.37. The van der Waals surface area contributed by atoms with Crippen LogP contribution in [0.4, 0.5) is 0 Å². The quantitative estimate of drug-likeness (QED) is 0.711. The lowest BCUT2D eigenvalue weighted by atomic mass is 9.71. The SMILES string of the molecule is C=C(C)[C@@H]1CC[C@@H](C)C[C@H]1C(=O)NCC. The van der Waals surface area contributed by atoms with Gasteiger partial charge in [0.05, 0.1) is 0 Å². The van der Waals surface area contributed by atoms with Gasteiger partial charge in [0.25, 0.3) is 0 Å². The van der Waals surface area contributed by atoms with Crippen molar-refractivity contribution in [3.8, 4) is 0 Å². The first-order valence-electron chi connectivity index (χ1n) is 5.99. The van der Waals surface area contributed by atoms with Crippen molar-refractivity contribution in [3.05, 3.63) is 12.2 Å². The second kappa shape index (κ2) is 5.34. The van der Waals surface area contributed by atoms with Crippen LogP contribution in [-0.4, -0.2) is 12.5 Å². The van der Waals surface area contributed by atoms with Crippen LogP contribution in [0.1, 0.15) is 40.0 Å². The highest BCUT2D eigenvalue weighted by atomic mass is 16.1. The van der Waals surface area contributed by atoms with Gasteiger partial charge in [0, 0.05) is 12.5 Å². The van der Waals surface area contributed by atoms with E-state index >= 15 is 0 Å². The number of carbonyl (C=O) groups is 1. The van der Waals surface area contributed by atoms with Crippen LogP contribution in [0.25, 0.3) is 0 Å². The van der Waals surface area contributed by atoms with Crippen LogP contribution >= 0.6 is 0 Å². The average molecular weight is 209 g/mol. The standard InChI is InChI=1S/C13H23NO/c1-5-14-13(15)12-8-10(4)6-7-11(12)9(2)3/h10-12H,2,5-8H2,1,3-4H3,(H,14,15)/t10-,11+,12-/m1/s1. The Morgan fingerprint density at radius 2 is 2.07 bits per heavy atom. The van der Waals surface area contributed by atoms with Crippen LogP contribution in [-0.2, 0) is 4.79 Å². The molecule has 0 radical (unpaired) electrons. The molecular formula is C13H23NO. The Bertz CT molecular complexity index is 247. The summed E-state index contributed by atoms with van der Waals surface area (Å²) in [4.78, 5) is 11.9. The molecule has 0 aliphatic heterocycles. The van der Waals surface area contributed by atoms with Crippen molar-refractivity contribution in [2.75, 3.05) is 6.54 Å². The minimum atomic E-state index is 0.159. The third-order valence-corrected chi connectivity index (χ3v) is 3.43. The fourth-order valence-corrected chi connectivity index (χ4v) is 2.57. The molecule has 1 aliphatic carbocycles. The highest BCUT2D eigenvalue weighted by Gasteiger charge is 2.33. The van der Waals surface area contributed by atoms with Gasteiger partial charge in [-0.3, -0.25) is 4.79 Å². The minimum absolute atomic E-state index is 0.159. The smallest absolute Gasteiger partial charge is 0.223 e. The Hall–Kier alpha value is -0.790. The number of carbonyl (C=O) groups excluding carboxylic acids is 1. The number of hydrogen-bond donors (Lipinski definition) is 1. The lowest BCUT2D eigenvalue weighted by molar-refractivity contribution is -0.127. The Balaban J connectivity index is 2.69. The molecule has 1 saturated carbocycles. The molecule has 0 spiro atoms. The number of amides is 1. The first kappa shape index (κ1) is 12.3. The monoisotopic (exact) mass is 209 g/mol. The fourth-order valence-electron chi connectivity index (χ4n) is 2.57. The second-order valence-electron chi connectivity index (χ2n) is 4.87. The zero-order chi connectivity index (χ0) is 11.4. The lowest BCUT2D eigenvalue weighted by Gasteiger charge is -2.34. The molecule has 15 heavy (non-hydrogen) atoms. The average Bonchev–Trinajstić information content (AvgIpc) is 2.17. The van der Waals surface area contributed by atoms with Crippen molar-refractivity contribution < 1.29 is 4.79 Å². The van der Waals surface area contributed by atoms with E-state index in [-0.39, 0.29) is 11.8 Å². The van der Waals surface area contributed by atoms with E-state index in [9.17, 15) is 4.79 Å². The van der Waals surface area contributed by atoms with Gasteiger partial charge < -0.3 is 5.32 Å². The number of nitrogens with one attached hydrogen (secondary N) is 1. The second-order valence-corrected chi connectivity index (χ2v) is 4.87. The number of hydrogen-bond acceptors (Lipinski definition) is 1. The molecule has 0 aromatic rings. The van der Waals surface area contributed by atoms with Crippen LogP contribution in [0.3, 0.4) is 0 Å². The van der Waals surface area contributed by atoms with Gasteiger partial charge in [-0.2, -0.15) is 0 Å². The van der Waals surface area contributed by atoms with Gasteiger partial charge in [-0.15, -0.1) is 0 Å². The Labute approximate surface area is 93.1 Å². The van der Waals surface area contributed by atoms with E-state index in [0.717, 1.165) is 25.0 Å². The Morgan fingerprint density at radius 3 is 2.60 bits per heavy atom. The molecule has 86 valence electrons. The molecule has 0 heterocycles. The van der Waals surface area contributed by atoms with Gasteiger partial charge in [-0.25, -0.2) is 0 Å². The van der Waals surface area contributed by atoms with Crippen LogP contribution in [0, 0.1) is 17.8 Å². The van der Waals surface area contributed by atoms with Crippen LogP contribution < -0.4 is 5.32 Å². The van der Waals surface area contributed by atoms with Gasteiger partial charge >= 0.3 is 0 Å². The molecule has 0 aromatic carbocycles. The van der Waals surface area contributed by atoms with Crippen LogP contribution in [0.15, 0.2) is 12.2 Å². The summed E-state index contributed by atoms with van der Waals surface area (Å²) in [7, 11) is 0. The van der Waals surface area contributed by atoms with E-state index in [1.165, 1.54) is 6.42 Å². The Kier molecular flexibility index (Phi) is 4.37. The molecule has 1 aliphatic rings. The van der Waals surface area contributed by atoms with Crippen molar-refractivity contribution in [3.63, 3.8) is 0 Å². The zero-order valence-corrected chi connectivity index (χ0v) is 10.2. The molecule has 0 unspecified atom stereocenters. The molecule has 2 nitrogen and oxygen atoms in total. The summed E-state index contributed by atoms with van der Waals surface area (Å²) < 4.78 is 0. The molecule has 1 amide bonds. The minimum Gasteiger partial charge on any atom is -0.356 e. The molecule has 0 saturated heterocycles. The molecule has 1 rings (SSSR count). The van der Waals surface area contributed by atoms with Crippen molar-refractivity contribution in [1.82, 2.24) is 5.32 Å². The highest BCUT2D eigenvalue weighted by molar-refractivity contribution is 5.79. The molecule has 2 heteroatoms. The van der Waals surface area contributed by atoms with Crippen molar-refractivity contribution in [1.29, 1.82) is 0 Å². The molecule has 1 N–H and O–H groups in total. The van der Waals surface area contributed by atoms with E-state index in [4.69, 9.17) is 0 Å². The molecular weight excluding hydrogens is 186 g/mol. The van der Waals surface area contributed by atoms with Gasteiger partial charge in [0.15, 0.2) is 0 Å². The summed E-state index contributed by atoms with van der Waals surface area (Å²) in [6, 6.07) is 0. The van der Waals surface area contributed by atoms with Crippen LogP contribution in [0.5, 0.6) is 0 Å². The third-order valence-electron chi connectivity index (χ3n) is 3.43. The summed E-state index contributed by atoms with van der Waals surface area (Å²) in [6.07, 6.45) is 3.37. The normalized spacial score (nSPS) is 31.0. The first-order valence-corrected chi connectivity index (χ1v) is 5.99. The van der Waals surface area contributed by atoms with Gasteiger partial charge in [0.1, 0.15) is 0 Å². The Morgan fingerprint density at radius 1 is 1.40 bits per heavy atom. The molecule has 0 bridgehead atoms. The third kappa shape index (κ3) is 3.08. The number of rotatable bonds is 3. The van der Waals surface area contributed by atoms with Crippen molar-refractivity contribution in [2.45, 2.75) is 40.0 Å². The van der Waals surface area contributed by atoms with E-state index in [2.05, 4.69) is 18.8 Å². The zero-order valence-electron chi connectivity index (χ0n) is 10.2. The van der Waals surface area contributed by atoms with E-state index in [1.54, 1.807) is 0 Å². The predicted octanol–water partition coefficient (Wildman–Crippen LogP) is 2.75. The summed E-state index contributed by atoms with van der Waals surface area (Å²) in [5.41, 5.74) is 1.16. The maximum atomic E-state index is 11.9. The van der Waals surface area contributed by atoms with E-state index in [1.807, 2.05) is 13.8 Å². The fraction of sp³-hybridized carbons (Fsp3) is 0.769. The van der Waals surface area contributed by atoms with Crippen molar-refractivity contribution >= 4 is 5.91 Å². The molecule has 0 aromatic heterocycles. The summed E-state index contributed by atoms with van der Waals surface area (Å²) in [5.74, 6) is 1.45. The summed E-state index contributed by atoms with van der Waals surface area (Å²) in [5, 5.41) is 2.94. The van der Waals surface area contributed by atoms with E-state index in [0.29, 0.717) is 11.8 Å². The number of allylic oxidation sites excluding steroid dienone is 1. The molecule has 1 fully saturated rings. The predicted molar refractivity (Wildman–Crippen MR) is 63.5 cm³/mol. The maximum absolute atomic E-state index is 11.9. The van der Waals surface area contributed by atoms with Crippen molar-refractivity contribution in [2.24, 2.45) is 17.8 Å². The molecule has 3 atom stereocenters. The first-order chi connectivity index (χ1) is 7.06. The summed E-state index contributed by atoms with van der Waals surface area (Å²) >= 11 is 0. The van der Waals surface area contributed by atoms with Crippen LogP contribution in [0.2, 0.25) is 0 Å². The van der Waals surface area contributed by atoms with Gasteiger partial charge in [-0.1, -0.05) is 25.5 Å².